The number of thiazole rings is 1. The molecule has 1 N–H and O–H groups in total. The summed E-state index contributed by atoms with van der Waals surface area (Å²) in [5, 5.41) is 12.7. The predicted molar refractivity (Wildman–Crippen MR) is 158 cm³/mol. The third-order valence-electron chi connectivity index (χ3n) is 9.13. The Morgan fingerprint density at radius 1 is 1.15 bits per heavy atom. The van der Waals surface area contributed by atoms with Gasteiger partial charge in [-0.1, -0.05) is 29.8 Å². The number of aryl methyl sites for hydroxylation is 2. The van der Waals surface area contributed by atoms with Crippen LogP contribution in [0.3, 0.4) is 0 Å². The fraction of sp³-hybridized carbons (Fsp3) is 0.500. The third-order valence-corrected chi connectivity index (χ3v) is 10.0. The zero-order valence-corrected chi connectivity index (χ0v) is 24.5. The quantitative estimate of drug-likeness (QED) is 0.365. The van der Waals surface area contributed by atoms with E-state index in [1.807, 2.05) is 6.07 Å². The van der Waals surface area contributed by atoms with Gasteiger partial charge < -0.3 is 19.5 Å². The Labute approximate surface area is 240 Å². The summed E-state index contributed by atoms with van der Waals surface area (Å²) in [6.07, 6.45) is 1.94. The van der Waals surface area contributed by atoms with Gasteiger partial charge >= 0.3 is 5.97 Å². The second kappa shape index (κ2) is 11.5. The van der Waals surface area contributed by atoms with Crippen LogP contribution in [0.15, 0.2) is 41.8 Å². The first-order chi connectivity index (χ1) is 19.4. The zero-order chi connectivity index (χ0) is 27.8. The van der Waals surface area contributed by atoms with Crippen molar-refractivity contribution in [2.45, 2.75) is 46.3 Å². The van der Waals surface area contributed by atoms with Gasteiger partial charge in [-0.25, -0.2) is 4.98 Å². The summed E-state index contributed by atoms with van der Waals surface area (Å²) in [5.74, 6) is 0.532. The highest BCUT2D eigenvalue weighted by Crippen LogP contribution is 2.47. The first-order valence-corrected chi connectivity index (χ1v) is 15.3. The Morgan fingerprint density at radius 3 is 2.75 bits per heavy atom. The second-order valence-electron chi connectivity index (χ2n) is 11.7. The maximum atomic E-state index is 11.7. The van der Waals surface area contributed by atoms with E-state index < -0.39 is 5.97 Å². The normalized spacial score (nSPS) is 23.8. The number of fused-ring (bicyclic) bond motifs is 3. The third kappa shape index (κ3) is 5.49. The van der Waals surface area contributed by atoms with Crippen molar-refractivity contribution >= 4 is 22.4 Å². The molecule has 4 atom stereocenters. The number of aliphatic carboxylic acids is 1. The van der Waals surface area contributed by atoms with Gasteiger partial charge in [0.15, 0.2) is 5.13 Å². The standard InChI is InChI=1S/C32H39N3O4S/c1-20-4-7-29(39-18-25-6-5-23(15-21(25)2)22(3)34-10-12-38-13-11-34)27(14-20)28-19-40-32(33-28)35-9-8-24-16-26(17-35)30(24)31(36)37/h4-7,14-15,19,22,24,26,30H,8-13,16-18H2,1-3H3,(H,36,37). The lowest BCUT2D eigenvalue weighted by atomic mass is 9.64. The number of ether oxygens (including phenoxy) is 2. The summed E-state index contributed by atoms with van der Waals surface area (Å²) in [6.45, 7) is 12.2. The molecule has 212 valence electrons. The van der Waals surface area contributed by atoms with Crippen LogP contribution < -0.4 is 9.64 Å². The lowest BCUT2D eigenvalue weighted by Gasteiger charge is -2.39. The Kier molecular flexibility index (Phi) is 7.84. The topological polar surface area (TPSA) is 75.1 Å². The summed E-state index contributed by atoms with van der Waals surface area (Å²) in [6, 6.07) is 13.4. The first kappa shape index (κ1) is 27.2. The predicted octanol–water partition coefficient (Wildman–Crippen LogP) is 5.95. The van der Waals surface area contributed by atoms with Gasteiger partial charge in [-0.05, 0) is 74.3 Å². The van der Waals surface area contributed by atoms with Crippen LogP contribution >= 0.6 is 11.3 Å². The SMILES string of the molecule is Cc1ccc(OCc2ccc(C(C)N3CCOCC3)cc2C)c(-c2csc(N3CCC4CC(C3)C4C(=O)O)n2)c1. The average molecular weight is 562 g/mol. The van der Waals surface area contributed by atoms with Crippen LogP contribution in [0.5, 0.6) is 5.75 Å². The number of anilines is 1. The van der Waals surface area contributed by atoms with E-state index in [1.54, 1.807) is 11.3 Å². The minimum atomic E-state index is -0.638. The van der Waals surface area contributed by atoms with Gasteiger partial charge in [0.2, 0.25) is 0 Å². The Bertz CT molecular complexity index is 1370. The number of hydrogen-bond acceptors (Lipinski definition) is 7. The molecular weight excluding hydrogens is 522 g/mol. The van der Waals surface area contributed by atoms with Crippen LogP contribution in [-0.2, 0) is 16.1 Å². The molecule has 4 aliphatic rings. The van der Waals surface area contributed by atoms with Crippen LogP contribution in [0.4, 0.5) is 5.13 Å². The van der Waals surface area contributed by atoms with Gasteiger partial charge in [0, 0.05) is 43.2 Å². The summed E-state index contributed by atoms with van der Waals surface area (Å²) in [4.78, 5) is 21.5. The highest BCUT2D eigenvalue weighted by molar-refractivity contribution is 7.14. The molecule has 1 aliphatic carbocycles. The molecule has 3 saturated heterocycles. The fourth-order valence-corrected chi connectivity index (χ4v) is 7.47. The van der Waals surface area contributed by atoms with Crippen LogP contribution in [0.1, 0.15) is 48.1 Å². The number of carbonyl (C=O) groups is 1. The molecule has 7 rings (SSSR count). The van der Waals surface area contributed by atoms with E-state index in [0.717, 1.165) is 79.9 Å². The van der Waals surface area contributed by atoms with Crippen molar-refractivity contribution in [1.82, 2.24) is 9.88 Å². The lowest BCUT2D eigenvalue weighted by Crippen LogP contribution is -2.43. The van der Waals surface area contributed by atoms with E-state index in [9.17, 15) is 9.90 Å². The molecule has 1 aromatic heterocycles. The lowest BCUT2D eigenvalue weighted by molar-refractivity contribution is -0.151. The van der Waals surface area contributed by atoms with Crippen molar-refractivity contribution in [3.05, 3.63) is 64.0 Å². The van der Waals surface area contributed by atoms with Crippen LogP contribution in [0.25, 0.3) is 11.3 Å². The summed E-state index contributed by atoms with van der Waals surface area (Å²) in [7, 11) is 0. The van der Waals surface area contributed by atoms with Gasteiger partial charge in [0.1, 0.15) is 12.4 Å². The smallest absolute Gasteiger partial charge is 0.307 e. The molecule has 0 radical (unpaired) electrons. The van der Waals surface area contributed by atoms with Crippen molar-refractivity contribution in [1.29, 1.82) is 0 Å². The number of benzene rings is 2. The summed E-state index contributed by atoms with van der Waals surface area (Å²) >= 11 is 1.64. The maximum Gasteiger partial charge on any atom is 0.307 e. The number of morpholine rings is 1. The van der Waals surface area contributed by atoms with Gasteiger partial charge in [0.05, 0.1) is 24.8 Å². The number of hydrogen-bond donors (Lipinski definition) is 1. The molecule has 0 amide bonds. The molecule has 7 nitrogen and oxygen atoms in total. The molecule has 1 saturated carbocycles. The summed E-state index contributed by atoms with van der Waals surface area (Å²) in [5.41, 5.74) is 6.82. The fourth-order valence-electron chi connectivity index (χ4n) is 6.60. The van der Waals surface area contributed by atoms with E-state index in [4.69, 9.17) is 14.5 Å². The molecular formula is C32H39N3O4S. The van der Waals surface area contributed by atoms with E-state index in [2.05, 4.69) is 66.3 Å². The van der Waals surface area contributed by atoms with E-state index >= 15 is 0 Å². The van der Waals surface area contributed by atoms with Crippen LogP contribution in [-0.4, -0.2) is 60.4 Å². The number of carboxylic acid groups (broad SMARTS) is 1. The Hall–Kier alpha value is -2.94. The van der Waals surface area contributed by atoms with Crippen molar-refractivity contribution in [3.8, 4) is 17.0 Å². The Morgan fingerprint density at radius 2 is 1.98 bits per heavy atom. The van der Waals surface area contributed by atoms with Crippen molar-refractivity contribution in [2.24, 2.45) is 17.8 Å². The molecule has 4 fully saturated rings. The van der Waals surface area contributed by atoms with Gasteiger partial charge in [-0.2, -0.15) is 0 Å². The van der Waals surface area contributed by atoms with Crippen molar-refractivity contribution in [2.75, 3.05) is 44.3 Å². The molecule has 3 aromatic rings. The maximum absolute atomic E-state index is 11.7. The molecule has 8 heteroatoms. The molecule has 3 aliphatic heterocycles. The highest BCUT2D eigenvalue weighted by Gasteiger charge is 2.48. The zero-order valence-electron chi connectivity index (χ0n) is 23.6. The Balaban J connectivity index is 1.16. The van der Waals surface area contributed by atoms with Crippen molar-refractivity contribution < 1.29 is 19.4 Å². The van der Waals surface area contributed by atoms with Gasteiger partial charge in [-0.3, -0.25) is 9.69 Å². The molecule has 4 unspecified atom stereocenters. The molecule has 0 spiro atoms. The van der Waals surface area contributed by atoms with E-state index in [-0.39, 0.29) is 11.8 Å². The van der Waals surface area contributed by atoms with E-state index in [0.29, 0.717) is 18.6 Å². The minimum absolute atomic E-state index is 0.193. The van der Waals surface area contributed by atoms with Crippen LogP contribution in [0.2, 0.25) is 0 Å². The number of aromatic nitrogens is 1. The monoisotopic (exact) mass is 561 g/mol. The first-order valence-electron chi connectivity index (χ1n) is 14.5. The molecule has 40 heavy (non-hydrogen) atoms. The number of nitrogens with zero attached hydrogens (tertiary/aromatic N) is 3. The molecule has 4 heterocycles. The highest BCUT2D eigenvalue weighted by atomic mass is 32.1. The van der Waals surface area contributed by atoms with Crippen molar-refractivity contribution in [3.63, 3.8) is 0 Å². The second-order valence-corrected chi connectivity index (χ2v) is 12.5. The number of carboxylic acids is 1. The molecule has 2 aromatic carbocycles. The average Bonchev–Trinajstić information content (AvgIpc) is 3.22. The summed E-state index contributed by atoms with van der Waals surface area (Å²) < 4.78 is 12.0. The van der Waals surface area contributed by atoms with Gasteiger partial charge in [0.25, 0.3) is 0 Å². The number of rotatable bonds is 8. The van der Waals surface area contributed by atoms with Crippen LogP contribution in [0, 0.1) is 31.6 Å². The largest absolute Gasteiger partial charge is 0.488 e. The van der Waals surface area contributed by atoms with E-state index in [1.165, 1.54) is 16.7 Å². The minimum Gasteiger partial charge on any atom is -0.488 e. The molecule has 2 bridgehead atoms. The van der Waals surface area contributed by atoms with Gasteiger partial charge in [-0.15, -0.1) is 11.3 Å².